The number of aliphatic hydroxyl groups is 1. The van der Waals surface area contributed by atoms with Crippen molar-refractivity contribution in [1.82, 2.24) is 0 Å². The van der Waals surface area contributed by atoms with Crippen molar-refractivity contribution in [3.8, 4) is 0 Å². The predicted molar refractivity (Wildman–Crippen MR) is 170 cm³/mol. The Bertz CT molecular complexity index is 1060. The Morgan fingerprint density at radius 3 is 2.24 bits per heavy atom. The van der Waals surface area contributed by atoms with Crippen LogP contribution in [0.25, 0.3) is 0 Å². The largest absolute Gasteiger partial charge is 0.481 e. The molecule has 5 aliphatic rings. The van der Waals surface area contributed by atoms with Gasteiger partial charge in [-0.2, -0.15) is 0 Å². The third kappa shape index (κ3) is 4.39. The van der Waals surface area contributed by atoms with E-state index in [1.165, 1.54) is 5.57 Å². The molecule has 5 aliphatic carbocycles. The summed E-state index contributed by atoms with van der Waals surface area (Å²) in [5.74, 6) is 1.39. The van der Waals surface area contributed by atoms with E-state index in [1.807, 2.05) is 6.92 Å². The second-order valence-corrected chi connectivity index (χ2v) is 17.6. The molecule has 0 spiro atoms. The predicted octanol–water partition coefficient (Wildman–Crippen LogP) is 7.86. The fraction of sp³-hybridized carbons (Fsp3) is 0.912. The average Bonchev–Trinajstić information content (AvgIpc) is 2.89. The van der Waals surface area contributed by atoms with E-state index in [4.69, 9.17) is 9.47 Å². The Hall–Kier alpha value is -0.210. The van der Waals surface area contributed by atoms with E-state index in [9.17, 15) is 15.0 Å². The van der Waals surface area contributed by atoms with Gasteiger partial charge in [-0.05, 0) is 110 Å². The summed E-state index contributed by atoms with van der Waals surface area (Å²) in [6.45, 7) is 16.4. The molecule has 0 radical (unpaired) electrons. The molecular formula is C34H56O5S2. The Morgan fingerprint density at radius 2 is 1.61 bits per heavy atom. The van der Waals surface area contributed by atoms with Crippen molar-refractivity contribution in [3.63, 3.8) is 0 Å². The van der Waals surface area contributed by atoms with Gasteiger partial charge in [0.05, 0.1) is 35.1 Å². The lowest BCUT2D eigenvalue weighted by molar-refractivity contribution is -0.247. The van der Waals surface area contributed by atoms with Gasteiger partial charge in [0.25, 0.3) is 0 Å². The van der Waals surface area contributed by atoms with E-state index in [0.29, 0.717) is 36.6 Å². The Kier molecular flexibility index (Phi) is 8.40. The van der Waals surface area contributed by atoms with Gasteiger partial charge in [-0.3, -0.25) is 4.79 Å². The average molecular weight is 609 g/mol. The summed E-state index contributed by atoms with van der Waals surface area (Å²) in [6, 6.07) is 0. The number of allylic oxidation sites excluding steroid dienone is 1. The zero-order chi connectivity index (χ0) is 30.2. The van der Waals surface area contributed by atoms with Crippen molar-refractivity contribution >= 4 is 29.5 Å². The molecule has 0 heterocycles. The second-order valence-electron chi connectivity index (χ2n) is 16.0. The SMILES string of the molecule is CSCOC1CC2(C)[C@H]3CC=C4[C@H]5C(C(=O)O)(CCC(C)C5(C)O)CCC4(C)C3(C)CC[C@H]2C(C)(C)C1OCSC. The summed E-state index contributed by atoms with van der Waals surface area (Å²) in [5.41, 5.74) is -0.692. The maximum Gasteiger partial charge on any atom is 0.310 e. The van der Waals surface area contributed by atoms with E-state index in [1.54, 1.807) is 23.5 Å². The number of hydrogen-bond donors (Lipinski definition) is 2. The first-order valence-electron chi connectivity index (χ1n) is 16.0. The van der Waals surface area contributed by atoms with Crippen molar-refractivity contribution in [2.75, 3.05) is 24.4 Å². The highest BCUT2D eigenvalue weighted by molar-refractivity contribution is 7.98. The molecule has 234 valence electrons. The Balaban J connectivity index is 1.59. The van der Waals surface area contributed by atoms with Crippen LogP contribution in [-0.4, -0.2) is 58.4 Å². The third-order valence-corrected chi connectivity index (χ3v) is 14.9. The van der Waals surface area contributed by atoms with E-state index in [0.717, 1.165) is 38.5 Å². The minimum absolute atomic E-state index is 0.0223. The topological polar surface area (TPSA) is 76.0 Å². The summed E-state index contributed by atoms with van der Waals surface area (Å²) in [7, 11) is 0. The lowest BCUT2D eigenvalue weighted by Crippen LogP contribution is -2.69. The number of fused-ring (bicyclic) bond motifs is 7. The molecule has 0 aromatic rings. The maximum absolute atomic E-state index is 13.0. The highest BCUT2D eigenvalue weighted by atomic mass is 32.2. The van der Waals surface area contributed by atoms with E-state index < -0.39 is 17.0 Å². The van der Waals surface area contributed by atoms with Crippen molar-refractivity contribution in [1.29, 1.82) is 0 Å². The second kappa shape index (κ2) is 10.7. The van der Waals surface area contributed by atoms with Crippen LogP contribution in [0.2, 0.25) is 0 Å². The minimum Gasteiger partial charge on any atom is -0.481 e. The zero-order valence-corrected chi connectivity index (χ0v) is 28.7. The fourth-order valence-electron chi connectivity index (χ4n) is 11.7. The highest BCUT2D eigenvalue weighted by Crippen LogP contribution is 2.76. The van der Waals surface area contributed by atoms with Crippen LogP contribution in [-0.2, 0) is 14.3 Å². The standard InChI is InChI=1S/C34H56O5S2/c1-21-12-15-34(28(35)36)17-16-31(5)22(26(34)33(21,7)37)10-11-25-30(4)18-23(38-19-40-8)27(39-20-41-9)29(2,3)24(30)13-14-32(25,31)6/h10,21,23-27,37H,11-20H2,1-9H3,(H,35,36)/t21?,23?,24-,25+,26+,27?,30?,31?,32?,33?,34?/m0/s1. The summed E-state index contributed by atoms with van der Waals surface area (Å²) < 4.78 is 13.2. The molecule has 0 aromatic carbocycles. The molecule has 11 atom stereocenters. The van der Waals surface area contributed by atoms with Crippen LogP contribution >= 0.6 is 23.5 Å². The smallest absolute Gasteiger partial charge is 0.310 e. The third-order valence-electron chi connectivity index (χ3n) is 14.1. The number of ether oxygens (including phenoxy) is 2. The Morgan fingerprint density at radius 1 is 0.951 bits per heavy atom. The molecular weight excluding hydrogens is 553 g/mol. The summed E-state index contributed by atoms with van der Waals surface area (Å²) >= 11 is 3.47. The first-order valence-corrected chi connectivity index (χ1v) is 18.7. The molecule has 0 bridgehead atoms. The van der Waals surface area contributed by atoms with Gasteiger partial charge in [-0.15, -0.1) is 23.5 Å². The quantitative estimate of drug-likeness (QED) is 0.225. The highest BCUT2D eigenvalue weighted by Gasteiger charge is 2.72. The van der Waals surface area contributed by atoms with Crippen LogP contribution in [0.5, 0.6) is 0 Å². The number of rotatable bonds is 7. The number of aliphatic carboxylic acids is 1. The van der Waals surface area contributed by atoms with E-state index >= 15 is 0 Å². The summed E-state index contributed by atoms with van der Waals surface area (Å²) in [4.78, 5) is 13.0. The van der Waals surface area contributed by atoms with Crippen LogP contribution < -0.4 is 0 Å². The molecule has 2 N–H and O–H groups in total. The first kappa shape index (κ1) is 32.2. The number of carbonyl (C=O) groups is 1. The van der Waals surface area contributed by atoms with E-state index in [-0.39, 0.29) is 45.7 Å². The molecule has 0 saturated heterocycles. The normalized spacial score (nSPS) is 50.5. The fourth-order valence-corrected chi connectivity index (χ4v) is 12.3. The Labute approximate surface area is 257 Å². The molecule has 41 heavy (non-hydrogen) atoms. The molecule has 5 nitrogen and oxygen atoms in total. The van der Waals surface area contributed by atoms with Crippen LogP contribution in [0.15, 0.2) is 11.6 Å². The first-order chi connectivity index (χ1) is 19.1. The van der Waals surface area contributed by atoms with E-state index in [2.05, 4.69) is 60.1 Å². The maximum atomic E-state index is 13.0. The van der Waals surface area contributed by atoms with Gasteiger partial charge >= 0.3 is 5.97 Å². The van der Waals surface area contributed by atoms with Gasteiger partial charge in [0.1, 0.15) is 0 Å². The van der Waals surface area contributed by atoms with Crippen molar-refractivity contribution in [2.24, 2.45) is 50.7 Å². The van der Waals surface area contributed by atoms with Crippen LogP contribution in [0.1, 0.15) is 99.8 Å². The van der Waals surface area contributed by atoms with Crippen LogP contribution in [0.4, 0.5) is 0 Å². The monoisotopic (exact) mass is 608 g/mol. The molecule has 0 amide bonds. The van der Waals surface area contributed by atoms with Crippen molar-refractivity contribution < 1.29 is 24.5 Å². The number of thioether (sulfide) groups is 2. The molecule has 4 saturated carbocycles. The van der Waals surface area contributed by atoms with Gasteiger partial charge in [0.15, 0.2) is 0 Å². The van der Waals surface area contributed by atoms with Gasteiger partial charge in [0, 0.05) is 5.92 Å². The van der Waals surface area contributed by atoms with Gasteiger partial charge in [-0.25, -0.2) is 0 Å². The molecule has 5 rings (SSSR count). The lowest BCUT2D eigenvalue weighted by Gasteiger charge is -2.72. The van der Waals surface area contributed by atoms with Crippen LogP contribution in [0, 0.1) is 50.7 Å². The van der Waals surface area contributed by atoms with Gasteiger partial charge < -0.3 is 19.7 Å². The number of carboxylic acid groups (broad SMARTS) is 1. The zero-order valence-electron chi connectivity index (χ0n) is 27.0. The molecule has 7 heteroatoms. The number of carboxylic acids is 1. The summed E-state index contributed by atoms with van der Waals surface area (Å²) in [5, 5.41) is 22.8. The summed E-state index contributed by atoms with van der Waals surface area (Å²) in [6.07, 6.45) is 14.0. The van der Waals surface area contributed by atoms with Crippen molar-refractivity contribution in [3.05, 3.63) is 11.6 Å². The molecule has 0 aromatic heterocycles. The molecule has 0 aliphatic heterocycles. The lowest BCUT2D eigenvalue weighted by atomic mass is 9.33. The van der Waals surface area contributed by atoms with Crippen LogP contribution in [0.3, 0.4) is 0 Å². The van der Waals surface area contributed by atoms with Crippen molar-refractivity contribution in [2.45, 2.75) is 118 Å². The van der Waals surface area contributed by atoms with Gasteiger partial charge in [-0.1, -0.05) is 53.2 Å². The number of hydrogen-bond acceptors (Lipinski definition) is 6. The minimum atomic E-state index is -1.03. The molecule has 4 fully saturated rings. The molecule has 8 unspecified atom stereocenters. The van der Waals surface area contributed by atoms with Gasteiger partial charge in [0.2, 0.25) is 0 Å².